The van der Waals surface area contributed by atoms with E-state index in [1.807, 2.05) is 0 Å². The number of nitrogens with one attached hydrogen (secondary N) is 1. The number of halogens is 1. The molecule has 0 unspecified atom stereocenters. The van der Waals surface area contributed by atoms with E-state index in [2.05, 4.69) is 40.1 Å². The highest BCUT2D eigenvalue weighted by Gasteiger charge is 2.19. The Morgan fingerprint density at radius 2 is 2.15 bits per heavy atom. The number of hydrogen-bond donors (Lipinski definition) is 1. The third-order valence-electron chi connectivity index (χ3n) is 3.86. The molecule has 3 heterocycles. The first-order valence-electron chi connectivity index (χ1n) is 7.08. The standard InChI is InChI=1S/C14H19ClN4S/c1-3-19-6-4-10(5-7-19)16-12-11-8-9(2)20-13(11)18-14(15)17-12/h8,10H,3-7H2,1-2H3,(H,16,17,18). The molecule has 1 N–H and O–H groups in total. The number of aromatic nitrogens is 2. The SMILES string of the molecule is CCN1CCC(Nc2nc(Cl)nc3sc(C)cc23)CC1. The molecule has 3 rings (SSSR count). The molecule has 0 amide bonds. The summed E-state index contributed by atoms with van der Waals surface area (Å²) in [5.74, 6) is 0.888. The first kappa shape index (κ1) is 14.0. The molecular weight excluding hydrogens is 292 g/mol. The lowest BCUT2D eigenvalue weighted by molar-refractivity contribution is 0.229. The van der Waals surface area contributed by atoms with E-state index in [-0.39, 0.29) is 0 Å². The fourth-order valence-corrected chi connectivity index (χ4v) is 3.81. The average Bonchev–Trinajstić information content (AvgIpc) is 2.80. The Balaban J connectivity index is 1.80. The normalized spacial score (nSPS) is 17.8. The van der Waals surface area contributed by atoms with Gasteiger partial charge in [-0.25, -0.2) is 9.97 Å². The van der Waals surface area contributed by atoms with Gasteiger partial charge in [-0.05, 0) is 44.0 Å². The lowest BCUT2D eigenvalue weighted by Gasteiger charge is -2.31. The van der Waals surface area contributed by atoms with Crippen molar-refractivity contribution < 1.29 is 0 Å². The maximum Gasteiger partial charge on any atom is 0.225 e. The van der Waals surface area contributed by atoms with Crippen LogP contribution in [0.15, 0.2) is 6.07 Å². The second-order valence-electron chi connectivity index (χ2n) is 5.27. The average molecular weight is 311 g/mol. The third-order valence-corrected chi connectivity index (χ3v) is 4.98. The summed E-state index contributed by atoms with van der Waals surface area (Å²) in [6.45, 7) is 7.75. The molecule has 1 saturated heterocycles. The molecule has 0 atom stereocenters. The molecule has 1 aliphatic heterocycles. The maximum atomic E-state index is 6.03. The lowest BCUT2D eigenvalue weighted by atomic mass is 10.1. The fourth-order valence-electron chi connectivity index (χ4n) is 2.71. The Hall–Kier alpha value is -0.910. The van der Waals surface area contributed by atoms with Crippen LogP contribution < -0.4 is 5.32 Å². The molecule has 0 spiro atoms. The van der Waals surface area contributed by atoms with Crippen LogP contribution in [0.5, 0.6) is 0 Å². The topological polar surface area (TPSA) is 41.0 Å². The smallest absolute Gasteiger partial charge is 0.225 e. The van der Waals surface area contributed by atoms with Gasteiger partial charge in [-0.3, -0.25) is 0 Å². The molecule has 0 bridgehead atoms. The summed E-state index contributed by atoms with van der Waals surface area (Å²) in [4.78, 5) is 13.4. The van der Waals surface area contributed by atoms with Gasteiger partial charge in [0, 0.05) is 24.0 Å². The van der Waals surface area contributed by atoms with Gasteiger partial charge in [-0.1, -0.05) is 6.92 Å². The van der Waals surface area contributed by atoms with Gasteiger partial charge in [0.25, 0.3) is 0 Å². The predicted molar refractivity (Wildman–Crippen MR) is 85.9 cm³/mol. The molecule has 0 aliphatic carbocycles. The van der Waals surface area contributed by atoms with Crippen LogP contribution in [0, 0.1) is 6.92 Å². The number of rotatable bonds is 3. The first-order valence-corrected chi connectivity index (χ1v) is 8.27. The van der Waals surface area contributed by atoms with Gasteiger partial charge in [0.2, 0.25) is 5.28 Å². The Bertz CT molecular complexity index is 604. The zero-order chi connectivity index (χ0) is 14.1. The fraction of sp³-hybridized carbons (Fsp3) is 0.571. The summed E-state index contributed by atoms with van der Waals surface area (Å²) in [6.07, 6.45) is 2.31. The lowest BCUT2D eigenvalue weighted by Crippen LogP contribution is -2.39. The minimum atomic E-state index is 0.327. The number of likely N-dealkylation sites (tertiary alicyclic amines) is 1. The molecule has 4 nitrogen and oxygen atoms in total. The minimum absolute atomic E-state index is 0.327. The zero-order valence-electron chi connectivity index (χ0n) is 11.8. The predicted octanol–water partition coefficient (Wildman–Crippen LogP) is 3.55. The van der Waals surface area contributed by atoms with E-state index in [9.17, 15) is 0 Å². The van der Waals surface area contributed by atoms with Gasteiger partial charge >= 0.3 is 0 Å². The molecule has 0 radical (unpaired) electrons. The van der Waals surface area contributed by atoms with Crippen molar-refractivity contribution in [3.63, 3.8) is 0 Å². The highest BCUT2D eigenvalue weighted by molar-refractivity contribution is 7.18. The van der Waals surface area contributed by atoms with E-state index >= 15 is 0 Å². The quantitative estimate of drug-likeness (QED) is 0.880. The van der Waals surface area contributed by atoms with Gasteiger partial charge in [0.1, 0.15) is 10.6 Å². The summed E-state index contributed by atoms with van der Waals surface area (Å²) < 4.78 is 0. The first-order chi connectivity index (χ1) is 9.65. The number of aryl methyl sites for hydroxylation is 1. The van der Waals surface area contributed by atoms with Crippen LogP contribution in [0.2, 0.25) is 5.28 Å². The highest BCUT2D eigenvalue weighted by atomic mass is 35.5. The summed E-state index contributed by atoms with van der Waals surface area (Å²) in [5, 5.41) is 4.99. The summed E-state index contributed by atoms with van der Waals surface area (Å²) >= 11 is 7.70. The number of thiophene rings is 1. The molecule has 20 heavy (non-hydrogen) atoms. The van der Waals surface area contributed by atoms with Crippen LogP contribution >= 0.6 is 22.9 Å². The van der Waals surface area contributed by atoms with Crippen molar-refractivity contribution in [2.75, 3.05) is 25.0 Å². The highest BCUT2D eigenvalue weighted by Crippen LogP contribution is 2.30. The molecule has 1 fully saturated rings. The van der Waals surface area contributed by atoms with Crippen molar-refractivity contribution in [2.45, 2.75) is 32.7 Å². The number of nitrogens with zero attached hydrogens (tertiary/aromatic N) is 3. The van der Waals surface area contributed by atoms with E-state index in [4.69, 9.17) is 11.6 Å². The van der Waals surface area contributed by atoms with Crippen LogP contribution in [0.25, 0.3) is 10.2 Å². The maximum absolute atomic E-state index is 6.03. The van der Waals surface area contributed by atoms with Crippen molar-refractivity contribution >= 4 is 39.0 Å². The molecule has 0 saturated carbocycles. The van der Waals surface area contributed by atoms with Crippen molar-refractivity contribution in [1.29, 1.82) is 0 Å². The van der Waals surface area contributed by atoms with E-state index in [1.165, 1.54) is 4.88 Å². The molecule has 1 aliphatic rings. The zero-order valence-corrected chi connectivity index (χ0v) is 13.4. The summed E-state index contributed by atoms with van der Waals surface area (Å²) in [7, 11) is 0. The second-order valence-corrected chi connectivity index (χ2v) is 6.84. The number of fused-ring (bicyclic) bond motifs is 1. The second kappa shape index (κ2) is 5.84. The number of hydrogen-bond acceptors (Lipinski definition) is 5. The molecule has 2 aromatic rings. The Morgan fingerprint density at radius 3 is 2.85 bits per heavy atom. The van der Waals surface area contributed by atoms with Crippen molar-refractivity contribution in [1.82, 2.24) is 14.9 Å². The van der Waals surface area contributed by atoms with Gasteiger partial charge in [0.15, 0.2) is 0 Å². The van der Waals surface area contributed by atoms with Crippen molar-refractivity contribution in [3.8, 4) is 0 Å². The van der Waals surface area contributed by atoms with E-state index in [1.54, 1.807) is 11.3 Å². The van der Waals surface area contributed by atoms with E-state index in [0.717, 1.165) is 48.5 Å². The largest absolute Gasteiger partial charge is 0.367 e. The van der Waals surface area contributed by atoms with Crippen molar-refractivity contribution in [3.05, 3.63) is 16.2 Å². The third kappa shape index (κ3) is 2.90. The molecule has 6 heteroatoms. The monoisotopic (exact) mass is 310 g/mol. The Labute approximate surface area is 128 Å². The summed E-state index contributed by atoms with van der Waals surface area (Å²) in [6, 6.07) is 2.62. The molecule has 0 aromatic carbocycles. The minimum Gasteiger partial charge on any atom is -0.367 e. The van der Waals surface area contributed by atoms with Crippen LogP contribution in [-0.4, -0.2) is 40.5 Å². The molecule has 108 valence electrons. The van der Waals surface area contributed by atoms with E-state index in [0.29, 0.717) is 11.3 Å². The molecule has 2 aromatic heterocycles. The van der Waals surface area contributed by atoms with Gasteiger partial charge in [-0.2, -0.15) is 0 Å². The van der Waals surface area contributed by atoms with Gasteiger partial charge < -0.3 is 10.2 Å². The van der Waals surface area contributed by atoms with Gasteiger partial charge in [0.05, 0.1) is 5.39 Å². The summed E-state index contributed by atoms with van der Waals surface area (Å²) in [5.41, 5.74) is 0. The van der Waals surface area contributed by atoms with Crippen LogP contribution in [0.1, 0.15) is 24.6 Å². The van der Waals surface area contributed by atoms with Crippen LogP contribution in [0.4, 0.5) is 5.82 Å². The van der Waals surface area contributed by atoms with Gasteiger partial charge in [-0.15, -0.1) is 11.3 Å². The number of piperidine rings is 1. The molecular formula is C14H19ClN4S. The number of anilines is 1. The van der Waals surface area contributed by atoms with Crippen LogP contribution in [-0.2, 0) is 0 Å². The van der Waals surface area contributed by atoms with Crippen LogP contribution in [0.3, 0.4) is 0 Å². The Morgan fingerprint density at radius 1 is 1.40 bits per heavy atom. The van der Waals surface area contributed by atoms with E-state index < -0.39 is 0 Å². The van der Waals surface area contributed by atoms with Crippen molar-refractivity contribution in [2.24, 2.45) is 0 Å². The Kier molecular flexibility index (Phi) is 4.10.